The molecule has 0 spiro atoms. The van der Waals surface area contributed by atoms with Crippen molar-refractivity contribution in [1.29, 1.82) is 0 Å². The molecular formula is C14H13N5O2. The van der Waals surface area contributed by atoms with Gasteiger partial charge in [0.1, 0.15) is 5.56 Å². The van der Waals surface area contributed by atoms with Crippen molar-refractivity contribution in [1.82, 2.24) is 19.6 Å². The molecule has 0 atom stereocenters. The molecule has 3 rings (SSSR count). The maximum absolute atomic E-state index is 11.9. The number of carbonyl (C=O) groups excluding carboxylic acids is 1. The number of rotatable bonds is 3. The standard InChI is InChI=1S/C14H13N5O2/c1-2-21-13(20)10-8-16-14(15)19-12(10)17-11(18-19)9-6-4-3-5-7-9/h3-8H,2H2,1H3,(H2,15,16). The van der Waals surface area contributed by atoms with Crippen LogP contribution in [0.5, 0.6) is 0 Å². The first-order valence-electron chi connectivity index (χ1n) is 6.44. The minimum atomic E-state index is -0.498. The quantitative estimate of drug-likeness (QED) is 0.733. The van der Waals surface area contributed by atoms with Crippen molar-refractivity contribution >= 4 is 17.6 Å². The van der Waals surface area contributed by atoms with Crippen LogP contribution in [0.1, 0.15) is 17.3 Å². The van der Waals surface area contributed by atoms with Gasteiger partial charge in [0.2, 0.25) is 5.95 Å². The molecule has 3 aromatic rings. The Bertz CT molecular complexity index is 798. The molecule has 1 aromatic carbocycles. The largest absolute Gasteiger partial charge is 0.462 e. The first-order valence-corrected chi connectivity index (χ1v) is 6.44. The second kappa shape index (κ2) is 5.20. The summed E-state index contributed by atoms with van der Waals surface area (Å²) in [6, 6.07) is 9.42. The van der Waals surface area contributed by atoms with Gasteiger partial charge in [0.25, 0.3) is 0 Å². The second-order valence-corrected chi connectivity index (χ2v) is 4.29. The molecule has 106 valence electrons. The zero-order chi connectivity index (χ0) is 14.8. The van der Waals surface area contributed by atoms with E-state index < -0.39 is 5.97 Å². The number of fused-ring (bicyclic) bond motifs is 1. The number of hydrogen-bond donors (Lipinski definition) is 1. The smallest absolute Gasteiger partial charge is 0.343 e. The summed E-state index contributed by atoms with van der Waals surface area (Å²) in [5.74, 6) is 0.135. The predicted octanol–water partition coefficient (Wildman–Crippen LogP) is 1.55. The Hall–Kier alpha value is -2.96. The molecule has 0 bridgehead atoms. The van der Waals surface area contributed by atoms with Crippen molar-refractivity contribution in [2.45, 2.75) is 6.92 Å². The van der Waals surface area contributed by atoms with Crippen LogP contribution in [0.2, 0.25) is 0 Å². The van der Waals surface area contributed by atoms with Gasteiger partial charge in [0, 0.05) is 11.8 Å². The van der Waals surface area contributed by atoms with Crippen LogP contribution in [0.15, 0.2) is 36.5 Å². The third-order valence-corrected chi connectivity index (χ3v) is 2.92. The fraction of sp³-hybridized carbons (Fsp3) is 0.143. The SMILES string of the molecule is CCOC(=O)c1cnc(N)n2nc(-c3ccccc3)nc12. The molecular weight excluding hydrogens is 270 g/mol. The van der Waals surface area contributed by atoms with Gasteiger partial charge in [-0.3, -0.25) is 0 Å². The van der Waals surface area contributed by atoms with Gasteiger partial charge in [0.15, 0.2) is 11.5 Å². The van der Waals surface area contributed by atoms with E-state index in [2.05, 4.69) is 15.1 Å². The highest BCUT2D eigenvalue weighted by Crippen LogP contribution is 2.19. The molecule has 0 fully saturated rings. The van der Waals surface area contributed by atoms with Gasteiger partial charge in [-0.2, -0.15) is 4.52 Å². The van der Waals surface area contributed by atoms with Crippen LogP contribution in [-0.4, -0.2) is 32.2 Å². The lowest BCUT2D eigenvalue weighted by Gasteiger charge is -2.03. The van der Waals surface area contributed by atoms with Crippen molar-refractivity contribution in [3.8, 4) is 11.4 Å². The molecule has 0 amide bonds. The monoisotopic (exact) mass is 283 g/mol. The average Bonchev–Trinajstić information content (AvgIpc) is 2.95. The Labute approximate surface area is 120 Å². The average molecular weight is 283 g/mol. The fourth-order valence-electron chi connectivity index (χ4n) is 1.95. The molecule has 0 radical (unpaired) electrons. The van der Waals surface area contributed by atoms with Gasteiger partial charge in [-0.05, 0) is 6.92 Å². The Morgan fingerprint density at radius 3 is 2.81 bits per heavy atom. The van der Waals surface area contributed by atoms with E-state index in [9.17, 15) is 4.79 Å². The van der Waals surface area contributed by atoms with E-state index in [1.807, 2.05) is 30.3 Å². The van der Waals surface area contributed by atoms with E-state index >= 15 is 0 Å². The van der Waals surface area contributed by atoms with Crippen molar-refractivity contribution in [2.24, 2.45) is 0 Å². The van der Waals surface area contributed by atoms with Crippen LogP contribution in [0, 0.1) is 0 Å². The molecule has 0 saturated heterocycles. The van der Waals surface area contributed by atoms with Crippen LogP contribution < -0.4 is 5.73 Å². The third-order valence-electron chi connectivity index (χ3n) is 2.92. The number of benzene rings is 1. The highest BCUT2D eigenvalue weighted by atomic mass is 16.5. The molecule has 21 heavy (non-hydrogen) atoms. The van der Waals surface area contributed by atoms with Gasteiger partial charge >= 0.3 is 5.97 Å². The van der Waals surface area contributed by atoms with Crippen LogP contribution in [-0.2, 0) is 4.74 Å². The summed E-state index contributed by atoms with van der Waals surface area (Å²) >= 11 is 0. The topological polar surface area (TPSA) is 95.4 Å². The highest BCUT2D eigenvalue weighted by Gasteiger charge is 2.18. The Kier molecular flexibility index (Phi) is 3.23. The van der Waals surface area contributed by atoms with Crippen LogP contribution >= 0.6 is 0 Å². The van der Waals surface area contributed by atoms with Crippen molar-refractivity contribution < 1.29 is 9.53 Å². The van der Waals surface area contributed by atoms with E-state index in [1.54, 1.807) is 6.92 Å². The third kappa shape index (κ3) is 2.29. The van der Waals surface area contributed by atoms with Gasteiger partial charge in [0.05, 0.1) is 6.61 Å². The number of nitrogen functional groups attached to an aromatic ring is 1. The molecule has 0 unspecified atom stereocenters. The maximum atomic E-state index is 11.9. The van der Waals surface area contributed by atoms with Crippen LogP contribution in [0.25, 0.3) is 17.0 Å². The number of nitrogens with two attached hydrogens (primary N) is 1. The van der Waals surface area contributed by atoms with Gasteiger partial charge in [-0.1, -0.05) is 30.3 Å². The van der Waals surface area contributed by atoms with Crippen molar-refractivity contribution in [3.63, 3.8) is 0 Å². The zero-order valence-electron chi connectivity index (χ0n) is 11.4. The van der Waals surface area contributed by atoms with E-state index in [4.69, 9.17) is 10.5 Å². The Morgan fingerprint density at radius 1 is 1.33 bits per heavy atom. The van der Waals surface area contributed by atoms with E-state index in [-0.39, 0.29) is 18.1 Å². The summed E-state index contributed by atoms with van der Waals surface area (Å²) in [7, 11) is 0. The van der Waals surface area contributed by atoms with Crippen molar-refractivity contribution in [3.05, 3.63) is 42.1 Å². The molecule has 0 saturated carbocycles. The summed E-state index contributed by atoms with van der Waals surface area (Å²) in [5.41, 5.74) is 7.19. The zero-order valence-corrected chi connectivity index (χ0v) is 11.4. The number of anilines is 1. The maximum Gasteiger partial charge on any atom is 0.343 e. The summed E-state index contributed by atoms with van der Waals surface area (Å²) in [6.07, 6.45) is 1.35. The molecule has 7 heteroatoms. The molecule has 0 aliphatic rings. The van der Waals surface area contributed by atoms with Crippen LogP contribution in [0.4, 0.5) is 5.95 Å². The van der Waals surface area contributed by atoms with E-state index in [0.29, 0.717) is 11.5 Å². The lowest BCUT2D eigenvalue weighted by atomic mass is 10.2. The van der Waals surface area contributed by atoms with E-state index in [0.717, 1.165) is 5.56 Å². The normalized spacial score (nSPS) is 10.7. The number of carbonyl (C=O) groups is 1. The molecule has 0 aliphatic carbocycles. The minimum Gasteiger partial charge on any atom is -0.462 e. The Balaban J connectivity index is 2.18. The molecule has 7 nitrogen and oxygen atoms in total. The first-order chi connectivity index (χ1) is 10.2. The highest BCUT2D eigenvalue weighted by molar-refractivity contribution is 5.95. The summed E-state index contributed by atoms with van der Waals surface area (Å²) in [5, 5.41) is 4.30. The molecule has 2 N–H and O–H groups in total. The van der Waals surface area contributed by atoms with E-state index in [1.165, 1.54) is 10.7 Å². The van der Waals surface area contributed by atoms with Crippen molar-refractivity contribution in [2.75, 3.05) is 12.3 Å². The summed E-state index contributed by atoms with van der Waals surface area (Å²) in [4.78, 5) is 20.3. The van der Waals surface area contributed by atoms with Gasteiger partial charge in [-0.25, -0.2) is 14.8 Å². The number of ether oxygens (including phenoxy) is 1. The molecule has 2 aromatic heterocycles. The number of aromatic nitrogens is 4. The number of esters is 1. The number of nitrogens with zero attached hydrogens (tertiary/aromatic N) is 4. The second-order valence-electron chi connectivity index (χ2n) is 4.29. The van der Waals surface area contributed by atoms with Gasteiger partial charge in [-0.15, -0.1) is 5.10 Å². The fourth-order valence-corrected chi connectivity index (χ4v) is 1.95. The number of hydrogen-bond acceptors (Lipinski definition) is 6. The lowest BCUT2D eigenvalue weighted by molar-refractivity contribution is 0.0527. The summed E-state index contributed by atoms with van der Waals surface area (Å²) in [6.45, 7) is 2.01. The Morgan fingerprint density at radius 2 is 2.10 bits per heavy atom. The summed E-state index contributed by atoms with van der Waals surface area (Å²) < 4.78 is 6.33. The molecule has 2 heterocycles. The predicted molar refractivity (Wildman–Crippen MR) is 76.6 cm³/mol. The lowest BCUT2D eigenvalue weighted by Crippen LogP contribution is -2.10. The minimum absolute atomic E-state index is 0.160. The van der Waals surface area contributed by atoms with Gasteiger partial charge < -0.3 is 10.5 Å². The molecule has 0 aliphatic heterocycles. The first kappa shape index (κ1) is 13.0. The van der Waals surface area contributed by atoms with Crippen LogP contribution in [0.3, 0.4) is 0 Å².